The number of ether oxygens (including phenoxy) is 4. The number of benzene rings is 2. The molecular formula is C24H30O7. The molecule has 0 bridgehead atoms. The standard InChI is InChI=1S/C18H20O4.C6H10O3/c19-15-7-3-13(4-8-15)18(21,11-1-2-17-12-22-17)14-5-9-16(20)10-6-14;1(5-3-8-5)7-2-6-4-9-6/h3-10,17,19-21H,1-2,11-12H2;5-6H,1-4H2. The molecule has 0 aromatic heterocycles. The molecule has 3 atom stereocenters. The van der Waals surface area contributed by atoms with Crippen LogP contribution in [0.15, 0.2) is 48.5 Å². The topological polar surface area (TPSA) is 108 Å². The molecule has 2 aromatic rings. The fourth-order valence-corrected chi connectivity index (χ4v) is 3.41. The highest BCUT2D eigenvalue weighted by Crippen LogP contribution is 2.36. The van der Waals surface area contributed by atoms with Gasteiger partial charge in [-0.3, -0.25) is 0 Å². The molecule has 0 spiro atoms. The van der Waals surface area contributed by atoms with Gasteiger partial charge in [-0.2, -0.15) is 0 Å². The monoisotopic (exact) mass is 430 g/mol. The van der Waals surface area contributed by atoms with Crippen molar-refractivity contribution in [2.24, 2.45) is 0 Å². The smallest absolute Gasteiger partial charge is 0.115 e. The van der Waals surface area contributed by atoms with E-state index in [0.717, 1.165) is 57.0 Å². The first-order valence-electron chi connectivity index (χ1n) is 10.8. The summed E-state index contributed by atoms with van der Waals surface area (Å²) in [5.74, 6) is 0.339. The Balaban J connectivity index is 0.000000212. The number of phenolic OH excluding ortho intramolecular Hbond substituents is 2. The molecule has 0 amide bonds. The maximum absolute atomic E-state index is 11.3. The van der Waals surface area contributed by atoms with Gasteiger partial charge < -0.3 is 34.3 Å². The molecule has 3 aliphatic heterocycles. The Hall–Kier alpha value is -2.16. The molecule has 7 nitrogen and oxygen atoms in total. The SMILES string of the molecule is C(OCC1CO1)C1CO1.Oc1ccc(C(O)(CCCC2CO2)c2ccc(O)cc2)cc1. The van der Waals surface area contributed by atoms with Crippen molar-refractivity contribution in [1.82, 2.24) is 0 Å². The Morgan fingerprint density at radius 1 is 0.742 bits per heavy atom. The summed E-state index contributed by atoms with van der Waals surface area (Å²) in [6, 6.07) is 13.2. The van der Waals surface area contributed by atoms with Crippen LogP contribution in [0.4, 0.5) is 0 Å². The van der Waals surface area contributed by atoms with E-state index in [4.69, 9.17) is 18.9 Å². The third-order valence-corrected chi connectivity index (χ3v) is 5.57. The van der Waals surface area contributed by atoms with Crippen LogP contribution in [0.25, 0.3) is 0 Å². The van der Waals surface area contributed by atoms with Gasteiger partial charge in [0.05, 0.1) is 39.1 Å². The number of hydrogen-bond donors (Lipinski definition) is 3. The summed E-state index contributed by atoms with van der Waals surface area (Å²) in [6.45, 7) is 4.08. The number of aromatic hydroxyl groups is 2. The van der Waals surface area contributed by atoms with Crippen molar-refractivity contribution in [3.05, 3.63) is 59.7 Å². The third kappa shape index (κ3) is 6.92. The first kappa shape index (κ1) is 22.0. The van der Waals surface area contributed by atoms with Crippen molar-refractivity contribution in [2.75, 3.05) is 33.0 Å². The van der Waals surface area contributed by atoms with Crippen LogP contribution in [0, 0.1) is 0 Å². The maximum atomic E-state index is 11.3. The van der Waals surface area contributed by atoms with E-state index in [1.165, 1.54) is 0 Å². The summed E-state index contributed by atoms with van der Waals surface area (Å²) in [5.41, 5.74) is 0.316. The van der Waals surface area contributed by atoms with E-state index in [-0.39, 0.29) is 11.5 Å². The van der Waals surface area contributed by atoms with Crippen LogP contribution in [0.1, 0.15) is 30.4 Å². The molecule has 0 aliphatic carbocycles. The summed E-state index contributed by atoms with van der Waals surface area (Å²) < 4.78 is 20.3. The van der Waals surface area contributed by atoms with Gasteiger partial charge >= 0.3 is 0 Å². The fourth-order valence-electron chi connectivity index (χ4n) is 3.41. The lowest BCUT2D eigenvalue weighted by molar-refractivity contribution is 0.0673. The zero-order chi connectivity index (χ0) is 21.7. The minimum atomic E-state index is -1.14. The molecular weight excluding hydrogens is 400 g/mol. The van der Waals surface area contributed by atoms with E-state index < -0.39 is 5.60 Å². The average molecular weight is 430 g/mol. The molecule has 168 valence electrons. The van der Waals surface area contributed by atoms with Gasteiger partial charge in [0.25, 0.3) is 0 Å². The highest BCUT2D eigenvalue weighted by Gasteiger charge is 2.32. The molecule has 7 heteroatoms. The van der Waals surface area contributed by atoms with Crippen molar-refractivity contribution in [2.45, 2.75) is 43.2 Å². The van der Waals surface area contributed by atoms with Crippen molar-refractivity contribution < 1.29 is 34.3 Å². The molecule has 0 saturated carbocycles. The molecule has 31 heavy (non-hydrogen) atoms. The van der Waals surface area contributed by atoms with Gasteiger partial charge in [0, 0.05) is 0 Å². The lowest BCUT2D eigenvalue weighted by Gasteiger charge is -2.29. The quantitative estimate of drug-likeness (QED) is 0.498. The van der Waals surface area contributed by atoms with Gasteiger partial charge in [-0.1, -0.05) is 24.3 Å². The van der Waals surface area contributed by atoms with Crippen LogP contribution in [0.2, 0.25) is 0 Å². The minimum Gasteiger partial charge on any atom is -0.508 e. The fraction of sp³-hybridized carbons (Fsp3) is 0.500. The van der Waals surface area contributed by atoms with Crippen molar-refractivity contribution >= 4 is 0 Å². The second-order valence-corrected chi connectivity index (χ2v) is 8.25. The largest absolute Gasteiger partial charge is 0.508 e. The summed E-state index contributed by atoms with van der Waals surface area (Å²) in [6.07, 6.45) is 3.44. The molecule has 3 fully saturated rings. The Kier molecular flexibility index (Phi) is 7.09. The van der Waals surface area contributed by atoms with Gasteiger partial charge in [-0.25, -0.2) is 0 Å². The average Bonchev–Trinajstić information content (AvgIpc) is 3.61. The van der Waals surface area contributed by atoms with E-state index in [0.29, 0.717) is 24.7 Å². The highest BCUT2D eigenvalue weighted by molar-refractivity contribution is 5.40. The first-order chi connectivity index (χ1) is 15.0. The van der Waals surface area contributed by atoms with Crippen molar-refractivity contribution in [3.63, 3.8) is 0 Å². The molecule has 5 rings (SSSR count). The van der Waals surface area contributed by atoms with E-state index in [1.54, 1.807) is 48.5 Å². The predicted octanol–water partition coefficient (Wildman–Crippen LogP) is 2.70. The zero-order valence-corrected chi connectivity index (χ0v) is 17.5. The highest BCUT2D eigenvalue weighted by atomic mass is 16.6. The van der Waals surface area contributed by atoms with E-state index in [1.807, 2.05) is 0 Å². The first-order valence-corrected chi connectivity index (χ1v) is 10.8. The van der Waals surface area contributed by atoms with Gasteiger partial charge in [-0.15, -0.1) is 0 Å². The summed E-state index contributed by atoms with van der Waals surface area (Å²) in [7, 11) is 0. The lowest BCUT2D eigenvalue weighted by atomic mass is 9.82. The van der Waals surface area contributed by atoms with E-state index >= 15 is 0 Å². The third-order valence-electron chi connectivity index (χ3n) is 5.57. The number of phenols is 2. The number of aliphatic hydroxyl groups is 1. The molecule has 2 aromatic carbocycles. The second-order valence-electron chi connectivity index (χ2n) is 8.25. The van der Waals surface area contributed by atoms with Crippen LogP contribution in [-0.2, 0) is 24.5 Å². The predicted molar refractivity (Wildman–Crippen MR) is 113 cm³/mol. The summed E-state index contributed by atoms with van der Waals surface area (Å²) >= 11 is 0. The Morgan fingerprint density at radius 2 is 1.16 bits per heavy atom. The molecule has 3 N–H and O–H groups in total. The molecule has 3 saturated heterocycles. The zero-order valence-electron chi connectivity index (χ0n) is 17.5. The Morgan fingerprint density at radius 3 is 1.55 bits per heavy atom. The minimum absolute atomic E-state index is 0.170. The van der Waals surface area contributed by atoms with Crippen LogP contribution in [0.5, 0.6) is 11.5 Å². The summed E-state index contributed by atoms with van der Waals surface area (Å²) in [4.78, 5) is 0. The molecule has 0 radical (unpaired) electrons. The van der Waals surface area contributed by atoms with Crippen LogP contribution < -0.4 is 0 Å². The normalized spacial score (nSPS) is 23.6. The van der Waals surface area contributed by atoms with Crippen LogP contribution in [0.3, 0.4) is 0 Å². The Bertz CT molecular complexity index is 751. The van der Waals surface area contributed by atoms with Crippen LogP contribution in [-0.4, -0.2) is 66.7 Å². The maximum Gasteiger partial charge on any atom is 0.115 e. The second kappa shape index (κ2) is 9.97. The van der Waals surface area contributed by atoms with Gasteiger partial charge in [0.15, 0.2) is 0 Å². The van der Waals surface area contributed by atoms with Crippen molar-refractivity contribution in [1.29, 1.82) is 0 Å². The van der Waals surface area contributed by atoms with Crippen molar-refractivity contribution in [3.8, 4) is 11.5 Å². The number of epoxide rings is 3. The van der Waals surface area contributed by atoms with E-state index in [2.05, 4.69) is 0 Å². The summed E-state index contributed by atoms with van der Waals surface area (Å²) in [5, 5.41) is 30.2. The van der Waals surface area contributed by atoms with Gasteiger partial charge in [-0.05, 0) is 54.7 Å². The van der Waals surface area contributed by atoms with Gasteiger partial charge in [0.2, 0.25) is 0 Å². The molecule has 3 heterocycles. The Labute approximate surface area is 182 Å². The van der Waals surface area contributed by atoms with E-state index in [9.17, 15) is 15.3 Å². The number of hydrogen-bond acceptors (Lipinski definition) is 7. The van der Waals surface area contributed by atoms with Crippen LogP contribution >= 0.6 is 0 Å². The number of rotatable bonds is 10. The molecule has 3 aliphatic rings. The lowest BCUT2D eigenvalue weighted by Crippen LogP contribution is -2.27. The van der Waals surface area contributed by atoms with Gasteiger partial charge in [0.1, 0.15) is 29.3 Å². The molecule has 3 unspecified atom stereocenters.